The lowest BCUT2D eigenvalue weighted by atomic mass is 9.76. The monoisotopic (exact) mass is 453 g/mol. The number of ketones is 1. The first-order valence-electron chi connectivity index (χ1n) is 10.5. The summed E-state index contributed by atoms with van der Waals surface area (Å²) in [7, 11) is 0. The molecule has 0 spiro atoms. The van der Waals surface area contributed by atoms with Crippen LogP contribution in [0.15, 0.2) is 57.2 Å². The Morgan fingerprint density at radius 1 is 1.32 bits per heavy atom. The summed E-state index contributed by atoms with van der Waals surface area (Å²) in [6, 6.07) is 10.7. The number of carbonyl (C=O) groups is 1. The zero-order valence-corrected chi connectivity index (χ0v) is 19.2. The summed E-state index contributed by atoms with van der Waals surface area (Å²) in [5, 5.41) is 10.1. The number of nitriles is 1. The van der Waals surface area contributed by atoms with Crippen molar-refractivity contribution in [2.24, 2.45) is 5.73 Å². The zero-order valence-electron chi connectivity index (χ0n) is 17.6. The fourth-order valence-corrected chi connectivity index (χ4v) is 6.74. The molecule has 31 heavy (non-hydrogen) atoms. The second-order valence-electron chi connectivity index (χ2n) is 7.51. The largest absolute Gasteiger partial charge is 0.384 e. The van der Waals surface area contributed by atoms with Crippen molar-refractivity contribution >= 4 is 34.6 Å². The van der Waals surface area contributed by atoms with Crippen LogP contribution in [0.5, 0.6) is 0 Å². The first-order valence-corrected chi connectivity index (χ1v) is 12.3. The minimum atomic E-state index is -0.499. The summed E-state index contributed by atoms with van der Waals surface area (Å²) in [5.41, 5.74) is 9.43. The van der Waals surface area contributed by atoms with Crippen molar-refractivity contribution in [3.8, 4) is 6.07 Å². The van der Waals surface area contributed by atoms with Crippen LogP contribution in [0.3, 0.4) is 0 Å². The van der Waals surface area contributed by atoms with Gasteiger partial charge in [-0.2, -0.15) is 5.26 Å². The number of hydrogen-bond acceptors (Lipinski definition) is 6. The standard InChI is InChI=1S/C24H24FN3OS2/c1-3-14-12-15(24(31-14)30-4-2)21-16(13-26)23(27)28(18-9-6-5-8-17(18)25)19-10-7-11-20(29)22(19)21/h5-6,8-9,12,21H,3-4,7,10-11,27H2,1-2H3/t21-/m1/s1. The number of carbonyl (C=O) groups excluding carboxylic acids is 1. The van der Waals surface area contributed by atoms with Crippen LogP contribution in [-0.4, -0.2) is 11.5 Å². The molecule has 2 aromatic rings. The van der Waals surface area contributed by atoms with E-state index in [0.717, 1.165) is 27.6 Å². The van der Waals surface area contributed by atoms with Crippen LogP contribution in [-0.2, 0) is 11.2 Å². The second kappa shape index (κ2) is 8.89. The molecule has 0 fully saturated rings. The van der Waals surface area contributed by atoms with E-state index in [-0.39, 0.29) is 17.3 Å². The number of Topliss-reactive ketones (excluding diaryl/α,β-unsaturated/α-hetero) is 1. The predicted octanol–water partition coefficient (Wildman–Crippen LogP) is 5.87. The lowest BCUT2D eigenvalue weighted by molar-refractivity contribution is -0.116. The van der Waals surface area contributed by atoms with Crippen molar-refractivity contribution < 1.29 is 9.18 Å². The highest BCUT2D eigenvalue weighted by Gasteiger charge is 2.42. The molecule has 0 saturated heterocycles. The molecule has 1 aromatic carbocycles. The van der Waals surface area contributed by atoms with Gasteiger partial charge in [0.05, 0.1) is 27.5 Å². The number of halogens is 1. The molecule has 1 aliphatic heterocycles. The Labute approximate surface area is 190 Å². The normalized spacial score (nSPS) is 19.0. The van der Waals surface area contributed by atoms with E-state index >= 15 is 0 Å². The minimum absolute atomic E-state index is 0.0181. The smallest absolute Gasteiger partial charge is 0.161 e. The van der Waals surface area contributed by atoms with Crippen molar-refractivity contribution in [3.63, 3.8) is 0 Å². The number of benzene rings is 1. The average Bonchev–Trinajstić information content (AvgIpc) is 3.17. The third-order valence-corrected chi connectivity index (χ3v) is 8.20. The molecule has 0 saturated carbocycles. The SMILES string of the molecule is CCSc1sc(CC)cc1[C@@H]1C(C#N)=C(N)N(c2ccccc2F)C2=C1C(=O)CCC2. The first kappa shape index (κ1) is 21.7. The van der Waals surface area contributed by atoms with Crippen LogP contribution >= 0.6 is 23.1 Å². The number of anilines is 1. The number of nitrogens with zero attached hydrogens (tertiary/aromatic N) is 2. The van der Waals surface area contributed by atoms with E-state index in [9.17, 15) is 14.4 Å². The minimum Gasteiger partial charge on any atom is -0.384 e. The molecular formula is C24H24FN3OS2. The van der Waals surface area contributed by atoms with E-state index in [0.29, 0.717) is 30.4 Å². The van der Waals surface area contributed by atoms with Crippen molar-refractivity contribution in [1.82, 2.24) is 0 Å². The second-order valence-corrected chi connectivity index (χ2v) is 10.2. The lowest BCUT2D eigenvalue weighted by Crippen LogP contribution is -2.39. The topological polar surface area (TPSA) is 70.1 Å². The molecule has 2 heterocycles. The summed E-state index contributed by atoms with van der Waals surface area (Å²) < 4.78 is 15.9. The van der Waals surface area contributed by atoms with Crippen molar-refractivity contribution in [2.75, 3.05) is 10.7 Å². The van der Waals surface area contributed by atoms with Crippen molar-refractivity contribution in [2.45, 2.75) is 49.7 Å². The Morgan fingerprint density at radius 3 is 2.77 bits per heavy atom. The molecule has 7 heteroatoms. The van der Waals surface area contributed by atoms with E-state index in [1.165, 1.54) is 10.9 Å². The van der Waals surface area contributed by atoms with E-state index in [1.807, 2.05) is 0 Å². The van der Waals surface area contributed by atoms with Gasteiger partial charge in [-0.1, -0.05) is 26.0 Å². The van der Waals surface area contributed by atoms with Gasteiger partial charge in [-0.05, 0) is 48.8 Å². The molecule has 1 aliphatic carbocycles. The van der Waals surface area contributed by atoms with E-state index in [1.54, 1.807) is 46.2 Å². The number of hydrogen-bond donors (Lipinski definition) is 1. The van der Waals surface area contributed by atoms with Gasteiger partial charge >= 0.3 is 0 Å². The third kappa shape index (κ3) is 3.68. The van der Waals surface area contributed by atoms with Crippen molar-refractivity contribution in [3.05, 3.63) is 69.3 Å². The van der Waals surface area contributed by atoms with E-state index < -0.39 is 11.7 Å². The molecule has 0 radical (unpaired) electrons. The average molecular weight is 454 g/mol. The Hall–Kier alpha value is -2.56. The van der Waals surface area contributed by atoms with Gasteiger partial charge in [-0.25, -0.2) is 4.39 Å². The number of para-hydroxylation sites is 1. The van der Waals surface area contributed by atoms with Gasteiger partial charge in [-0.15, -0.1) is 23.1 Å². The Balaban J connectivity index is 1.99. The van der Waals surface area contributed by atoms with Gasteiger partial charge in [0.1, 0.15) is 11.6 Å². The van der Waals surface area contributed by atoms with Crippen LogP contribution in [0.1, 0.15) is 49.5 Å². The number of aryl methyl sites for hydroxylation is 1. The van der Waals surface area contributed by atoms with Crippen molar-refractivity contribution in [1.29, 1.82) is 5.26 Å². The highest BCUT2D eigenvalue weighted by Crippen LogP contribution is 2.50. The summed E-state index contributed by atoms with van der Waals surface area (Å²) in [6.07, 6.45) is 2.62. The molecule has 160 valence electrons. The van der Waals surface area contributed by atoms with Gasteiger partial charge in [0.15, 0.2) is 5.78 Å². The Kier molecular flexibility index (Phi) is 6.22. The Morgan fingerprint density at radius 2 is 2.10 bits per heavy atom. The lowest BCUT2D eigenvalue weighted by Gasteiger charge is -2.39. The Bertz CT molecular complexity index is 1140. The van der Waals surface area contributed by atoms with Crippen LogP contribution in [0.25, 0.3) is 0 Å². The van der Waals surface area contributed by atoms with Gasteiger partial charge in [0.2, 0.25) is 0 Å². The van der Waals surface area contributed by atoms with Gasteiger partial charge in [0.25, 0.3) is 0 Å². The maximum atomic E-state index is 14.8. The molecule has 0 amide bonds. The summed E-state index contributed by atoms with van der Waals surface area (Å²) >= 11 is 3.44. The van der Waals surface area contributed by atoms with Crippen LogP contribution in [0, 0.1) is 17.1 Å². The van der Waals surface area contributed by atoms with Gasteiger partial charge in [-0.3, -0.25) is 9.69 Å². The molecule has 0 bridgehead atoms. The van der Waals surface area contributed by atoms with Gasteiger partial charge in [0, 0.05) is 22.6 Å². The predicted molar refractivity (Wildman–Crippen MR) is 124 cm³/mol. The maximum absolute atomic E-state index is 14.8. The van der Waals surface area contributed by atoms with Gasteiger partial charge < -0.3 is 5.73 Å². The summed E-state index contributed by atoms with van der Waals surface area (Å²) in [4.78, 5) is 16.0. The maximum Gasteiger partial charge on any atom is 0.161 e. The first-order chi connectivity index (χ1) is 15.0. The third-order valence-electron chi connectivity index (χ3n) is 5.72. The molecule has 1 aromatic heterocycles. The van der Waals surface area contributed by atoms with E-state index in [4.69, 9.17) is 5.73 Å². The molecule has 0 unspecified atom stereocenters. The molecule has 2 aliphatic rings. The quantitative estimate of drug-likeness (QED) is 0.574. The number of thioether (sulfide) groups is 1. The summed E-state index contributed by atoms with van der Waals surface area (Å²) in [5.74, 6) is 0.192. The molecule has 2 N–H and O–H groups in total. The summed E-state index contributed by atoms with van der Waals surface area (Å²) in [6.45, 7) is 4.19. The number of rotatable bonds is 5. The molecule has 4 nitrogen and oxygen atoms in total. The fraction of sp³-hybridized carbons (Fsp3) is 0.333. The van der Waals surface area contributed by atoms with Crippen LogP contribution < -0.4 is 10.6 Å². The number of allylic oxidation sites excluding steroid dienone is 3. The number of nitrogens with two attached hydrogens (primary N) is 1. The molecule has 1 atom stereocenters. The van der Waals surface area contributed by atoms with E-state index in [2.05, 4.69) is 26.0 Å². The highest BCUT2D eigenvalue weighted by atomic mass is 32.2. The van der Waals surface area contributed by atoms with Crippen LogP contribution in [0.2, 0.25) is 0 Å². The zero-order chi connectivity index (χ0) is 22.1. The van der Waals surface area contributed by atoms with Crippen LogP contribution in [0.4, 0.5) is 10.1 Å². The molecular weight excluding hydrogens is 429 g/mol. The number of thiophene rings is 1. The fourth-order valence-electron chi connectivity index (χ4n) is 4.36. The highest BCUT2D eigenvalue weighted by molar-refractivity contribution is 8.01. The molecule has 4 rings (SSSR count).